The molecular weight excluding hydrogens is 435 g/mol. The summed E-state index contributed by atoms with van der Waals surface area (Å²) in [4.78, 5) is 26.2. The summed E-state index contributed by atoms with van der Waals surface area (Å²) < 4.78 is 46.6. The molecule has 4 rings (SSSR count). The van der Waals surface area contributed by atoms with E-state index in [0.29, 0.717) is 22.3 Å². The number of carbonyl (C=O) groups excluding carboxylic acids is 2. The summed E-state index contributed by atoms with van der Waals surface area (Å²) in [6.45, 7) is -0.134. The molecule has 1 aliphatic heterocycles. The van der Waals surface area contributed by atoms with Crippen molar-refractivity contribution in [2.45, 2.75) is 18.0 Å². The van der Waals surface area contributed by atoms with Crippen molar-refractivity contribution >= 4 is 21.8 Å². The number of methoxy groups -OCH3 is 1. The molecule has 3 aromatic rings. The van der Waals surface area contributed by atoms with Crippen LogP contribution in [0.2, 0.25) is 0 Å². The number of nitrogens with zero attached hydrogens (tertiary/aromatic N) is 1. The van der Waals surface area contributed by atoms with Crippen LogP contribution in [0.5, 0.6) is 5.75 Å². The lowest BCUT2D eigenvalue weighted by Gasteiger charge is -2.16. The van der Waals surface area contributed by atoms with Crippen LogP contribution in [-0.4, -0.2) is 32.2 Å². The number of halogens is 1. The molecule has 1 N–H and O–H groups in total. The van der Waals surface area contributed by atoms with Gasteiger partial charge in [-0.1, -0.05) is 30.3 Å². The smallest absolute Gasteiger partial charge is 0.261 e. The second kappa shape index (κ2) is 8.52. The zero-order chi connectivity index (χ0) is 22.9. The van der Waals surface area contributed by atoms with Crippen LogP contribution in [-0.2, 0) is 23.1 Å². The Morgan fingerprint density at radius 1 is 0.906 bits per heavy atom. The van der Waals surface area contributed by atoms with Crippen molar-refractivity contribution in [1.82, 2.24) is 9.62 Å². The Morgan fingerprint density at radius 2 is 1.50 bits per heavy atom. The van der Waals surface area contributed by atoms with Crippen LogP contribution in [0.25, 0.3) is 0 Å². The van der Waals surface area contributed by atoms with Gasteiger partial charge in [0.05, 0.1) is 24.8 Å². The van der Waals surface area contributed by atoms with Crippen LogP contribution in [0.3, 0.4) is 0 Å². The summed E-state index contributed by atoms with van der Waals surface area (Å²) in [5.74, 6) is -1.16. The lowest BCUT2D eigenvalue weighted by Crippen LogP contribution is -2.29. The molecule has 1 aliphatic rings. The van der Waals surface area contributed by atoms with Gasteiger partial charge in [-0.3, -0.25) is 14.5 Å². The summed E-state index contributed by atoms with van der Waals surface area (Å²) in [5, 5.41) is 0. The second-order valence-electron chi connectivity index (χ2n) is 7.18. The number of hydrogen-bond acceptors (Lipinski definition) is 5. The average Bonchev–Trinajstić information content (AvgIpc) is 3.04. The van der Waals surface area contributed by atoms with E-state index in [1.54, 1.807) is 30.3 Å². The van der Waals surface area contributed by atoms with Crippen molar-refractivity contribution < 1.29 is 27.1 Å². The van der Waals surface area contributed by atoms with E-state index in [4.69, 9.17) is 4.74 Å². The van der Waals surface area contributed by atoms with Gasteiger partial charge in [0.1, 0.15) is 16.5 Å². The number of sulfonamides is 1. The Balaban J connectivity index is 1.58. The van der Waals surface area contributed by atoms with Crippen LogP contribution < -0.4 is 9.46 Å². The highest BCUT2D eigenvalue weighted by Gasteiger charge is 2.35. The molecule has 1 heterocycles. The van der Waals surface area contributed by atoms with Gasteiger partial charge in [-0.15, -0.1) is 0 Å². The zero-order valence-corrected chi connectivity index (χ0v) is 17.9. The molecule has 0 saturated carbocycles. The molecule has 2 amide bonds. The minimum absolute atomic E-state index is 0.0472. The zero-order valence-electron chi connectivity index (χ0n) is 17.0. The Hall–Kier alpha value is -3.56. The lowest BCUT2D eigenvalue weighted by molar-refractivity contribution is 0.0642. The molecule has 0 fully saturated rings. The fourth-order valence-electron chi connectivity index (χ4n) is 3.45. The maximum Gasteiger partial charge on any atom is 0.261 e. The molecule has 0 unspecified atom stereocenters. The Labute approximate surface area is 184 Å². The van der Waals surface area contributed by atoms with Gasteiger partial charge >= 0.3 is 0 Å². The average molecular weight is 454 g/mol. The maximum absolute atomic E-state index is 13.1. The third kappa shape index (κ3) is 4.12. The van der Waals surface area contributed by atoms with Crippen LogP contribution in [0.4, 0.5) is 4.39 Å². The van der Waals surface area contributed by atoms with Crippen molar-refractivity contribution in [1.29, 1.82) is 0 Å². The number of imide groups is 1. The number of hydrogen-bond donors (Lipinski definition) is 1. The predicted molar refractivity (Wildman–Crippen MR) is 114 cm³/mol. The van der Waals surface area contributed by atoms with Crippen molar-refractivity contribution in [3.05, 3.63) is 94.8 Å². The predicted octanol–water partition coefficient (Wildman–Crippen LogP) is 3.11. The normalized spacial score (nSPS) is 13.4. The van der Waals surface area contributed by atoms with Crippen LogP contribution in [0.1, 0.15) is 31.8 Å². The lowest BCUT2D eigenvalue weighted by atomic mass is 10.1. The molecule has 164 valence electrons. The molecule has 0 saturated heterocycles. The number of benzene rings is 3. The molecule has 0 bridgehead atoms. The number of nitrogens with one attached hydrogen (secondary N) is 1. The van der Waals surface area contributed by atoms with Gasteiger partial charge in [-0.2, -0.15) is 0 Å². The number of rotatable bonds is 7. The van der Waals surface area contributed by atoms with E-state index >= 15 is 0 Å². The summed E-state index contributed by atoms with van der Waals surface area (Å²) in [6, 6.07) is 16.4. The van der Waals surface area contributed by atoms with Crippen LogP contribution in [0, 0.1) is 5.82 Å². The summed E-state index contributed by atoms with van der Waals surface area (Å²) in [6.07, 6.45) is 0. The molecule has 0 aromatic heterocycles. The fourth-order valence-corrected chi connectivity index (χ4v) is 4.69. The third-order valence-corrected chi connectivity index (χ3v) is 6.54. The highest BCUT2D eigenvalue weighted by Crippen LogP contribution is 2.28. The van der Waals surface area contributed by atoms with Gasteiger partial charge in [0.25, 0.3) is 11.8 Å². The van der Waals surface area contributed by atoms with Crippen molar-refractivity contribution in [2.24, 2.45) is 0 Å². The standard InChI is InChI=1S/C23H19FN2O5S/c1-31-20-11-8-16(14-26-22(27)18-4-2-3-5-19(18)23(26)28)12-21(20)32(29,30)25-13-15-6-9-17(24)10-7-15/h2-12,25H,13-14H2,1H3. The van der Waals surface area contributed by atoms with Gasteiger partial charge in [-0.25, -0.2) is 17.5 Å². The van der Waals surface area contributed by atoms with E-state index in [0.717, 1.165) is 4.90 Å². The van der Waals surface area contributed by atoms with E-state index in [-0.39, 0.29) is 23.7 Å². The Kier molecular flexibility index (Phi) is 5.77. The van der Waals surface area contributed by atoms with Crippen molar-refractivity contribution in [3.8, 4) is 5.75 Å². The van der Waals surface area contributed by atoms with Gasteiger partial charge in [0, 0.05) is 6.54 Å². The largest absolute Gasteiger partial charge is 0.495 e. The summed E-state index contributed by atoms with van der Waals surface area (Å²) in [5.41, 5.74) is 1.67. The topological polar surface area (TPSA) is 92.8 Å². The highest BCUT2D eigenvalue weighted by atomic mass is 32.2. The van der Waals surface area contributed by atoms with Gasteiger partial charge in [-0.05, 0) is 47.5 Å². The summed E-state index contributed by atoms with van der Waals surface area (Å²) >= 11 is 0. The first kappa shape index (κ1) is 21.7. The highest BCUT2D eigenvalue weighted by molar-refractivity contribution is 7.89. The number of fused-ring (bicyclic) bond motifs is 1. The maximum atomic E-state index is 13.1. The molecule has 7 nitrogen and oxygen atoms in total. The van der Waals surface area contributed by atoms with Crippen molar-refractivity contribution in [3.63, 3.8) is 0 Å². The molecule has 0 aliphatic carbocycles. The molecule has 3 aromatic carbocycles. The fraction of sp³-hybridized carbons (Fsp3) is 0.130. The van der Waals surface area contributed by atoms with Crippen molar-refractivity contribution in [2.75, 3.05) is 7.11 Å². The monoisotopic (exact) mass is 454 g/mol. The molecule has 0 atom stereocenters. The van der Waals surface area contributed by atoms with E-state index in [1.165, 1.54) is 43.5 Å². The number of ether oxygens (including phenoxy) is 1. The minimum atomic E-state index is -4.01. The first-order chi connectivity index (χ1) is 15.3. The molecular formula is C23H19FN2O5S. The Morgan fingerprint density at radius 3 is 2.09 bits per heavy atom. The molecule has 0 radical (unpaired) electrons. The van der Waals surface area contributed by atoms with Gasteiger partial charge in [0.15, 0.2) is 0 Å². The molecule has 9 heteroatoms. The first-order valence-corrected chi connectivity index (χ1v) is 11.1. The third-order valence-electron chi connectivity index (χ3n) is 5.12. The SMILES string of the molecule is COc1ccc(CN2C(=O)c3ccccc3C2=O)cc1S(=O)(=O)NCc1ccc(F)cc1. The minimum Gasteiger partial charge on any atom is -0.495 e. The number of amides is 2. The van der Waals surface area contributed by atoms with E-state index in [2.05, 4.69) is 4.72 Å². The molecule has 0 spiro atoms. The quantitative estimate of drug-likeness (QED) is 0.554. The number of carbonyl (C=O) groups is 2. The molecule has 32 heavy (non-hydrogen) atoms. The van der Waals surface area contributed by atoms with E-state index in [1.807, 2.05) is 0 Å². The van der Waals surface area contributed by atoms with Gasteiger partial charge in [0.2, 0.25) is 10.0 Å². The van der Waals surface area contributed by atoms with E-state index in [9.17, 15) is 22.4 Å². The van der Waals surface area contributed by atoms with Gasteiger partial charge < -0.3 is 4.74 Å². The summed E-state index contributed by atoms with van der Waals surface area (Å²) in [7, 11) is -2.66. The van der Waals surface area contributed by atoms with Crippen LogP contribution >= 0.6 is 0 Å². The van der Waals surface area contributed by atoms with Crippen LogP contribution in [0.15, 0.2) is 71.6 Å². The first-order valence-electron chi connectivity index (χ1n) is 9.66. The Bertz CT molecular complexity index is 1270. The second-order valence-corrected chi connectivity index (χ2v) is 8.91. The van der Waals surface area contributed by atoms with E-state index < -0.39 is 27.7 Å².